The zero-order valence-electron chi connectivity index (χ0n) is 11.3. The molecule has 0 amide bonds. The van der Waals surface area contributed by atoms with E-state index in [9.17, 15) is 0 Å². The van der Waals surface area contributed by atoms with Gasteiger partial charge in [-0.3, -0.25) is 0 Å². The summed E-state index contributed by atoms with van der Waals surface area (Å²) in [4.78, 5) is 0. The maximum atomic E-state index is 6.11. The lowest BCUT2D eigenvalue weighted by atomic mass is 9.85. The van der Waals surface area contributed by atoms with E-state index in [4.69, 9.17) is 9.47 Å². The number of hydrogen-bond acceptors (Lipinski definition) is 3. The summed E-state index contributed by atoms with van der Waals surface area (Å²) in [6.45, 7) is 7.07. The molecule has 3 nitrogen and oxygen atoms in total. The predicted molar refractivity (Wildman–Crippen MR) is 69.2 cm³/mol. The van der Waals surface area contributed by atoms with Crippen molar-refractivity contribution >= 4 is 0 Å². The van der Waals surface area contributed by atoms with Crippen LogP contribution in [0, 0.1) is 5.92 Å². The Bertz CT molecular complexity index is 222. The third-order valence-corrected chi connectivity index (χ3v) is 4.09. The number of hydrogen-bond donors (Lipinski definition) is 1. The van der Waals surface area contributed by atoms with Gasteiger partial charge in [0, 0.05) is 13.1 Å². The van der Waals surface area contributed by atoms with Crippen molar-refractivity contribution in [3.8, 4) is 0 Å². The van der Waals surface area contributed by atoms with Gasteiger partial charge in [0.1, 0.15) is 0 Å². The molecular formula is C14H27NO2. The van der Waals surface area contributed by atoms with Crippen LogP contribution < -0.4 is 5.32 Å². The third kappa shape index (κ3) is 3.94. The Morgan fingerprint density at radius 3 is 2.82 bits per heavy atom. The summed E-state index contributed by atoms with van der Waals surface area (Å²) in [5, 5.41) is 3.39. The Labute approximate surface area is 105 Å². The summed E-state index contributed by atoms with van der Waals surface area (Å²) in [7, 11) is 0. The van der Waals surface area contributed by atoms with Crippen LogP contribution in [0.5, 0.6) is 0 Å². The molecule has 0 radical (unpaired) electrons. The van der Waals surface area contributed by atoms with Crippen LogP contribution in [0.15, 0.2) is 0 Å². The quantitative estimate of drug-likeness (QED) is 0.819. The summed E-state index contributed by atoms with van der Waals surface area (Å²) < 4.78 is 12.0. The smallest absolute Gasteiger partial charge is 0.0936 e. The average molecular weight is 241 g/mol. The lowest BCUT2D eigenvalue weighted by Crippen LogP contribution is -2.46. The first kappa shape index (κ1) is 13.3. The summed E-state index contributed by atoms with van der Waals surface area (Å²) in [5.41, 5.74) is 0. The van der Waals surface area contributed by atoms with Crippen LogP contribution in [-0.2, 0) is 9.47 Å². The van der Waals surface area contributed by atoms with Crippen LogP contribution in [0.3, 0.4) is 0 Å². The molecule has 1 N–H and O–H groups in total. The zero-order valence-corrected chi connectivity index (χ0v) is 11.3. The maximum absolute atomic E-state index is 6.11. The molecule has 17 heavy (non-hydrogen) atoms. The van der Waals surface area contributed by atoms with E-state index in [-0.39, 0.29) is 6.10 Å². The lowest BCUT2D eigenvalue weighted by molar-refractivity contribution is -0.101. The molecule has 0 aromatic heterocycles. The van der Waals surface area contributed by atoms with Gasteiger partial charge in [-0.15, -0.1) is 0 Å². The van der Waals surface area contributed by atoms with E-state index in [0.717, 1.165) is 25.6 Å². The monoisotopic (exact) mass is 241 g/mol. The molecule has 2 fully saturated rings. The van der Waals surface area contributed by atoms with Gasteiger partial charge >= 0.3 is 0 Å². The van der Waals surface area contributed by atoms with E-state index in [2.05, 4.69) is 19.2 Å². The summed E-state index contributed by atoms with van der Waals surface area (Å²) in [6.07, 6.45) is 7.62. The molecule has 4 unspecified atom stereocenters. The van der Waals surface area contributed by atoms with Crippen molar-refractivity contribution in [3.05, 3.63) is 0 Å². The molecule has 2 aliphatic rings. The molecule has 100 valence electrons. The van der Waals surface area contributed by atoms with Crippen molar-refractivity contribution in [2.24, 2.45) is 5.92 Å². The fourth-order valence-electron chi connectivity index (χ4n) is 3.06. The van der Waals surface area contributed by atoms with E-state index < -0.39 is 0 Å². The van der Waals surface area contributed by atoms with E-state index in [0.29, 0.717) is 12.2 Å². The normalized spacial score (nSPS) is 39.2. The average Bonchev–Trinajstić information content (AvgIpc) is 2.37. The minimum absolute atomic E-state index is 0.248. The van der Waals surface area contributed by atoms with E-state index in [1.54, 1.807) is 0 Å². The highest BCUT2D eigenvalue weighted by atomic mass is 16.5. The molecule has 2 rings (SSSR count). The van der Waals surface area contributed by atoms with Gasteiger partial charge in [0.2, 0.25) is 0 Å². The highest BCUT2D eigenvalue weighted by molar-refractivity contribution is 4.77. The summed E-state index contributed by atoms with van der Waals surface area (Å²) in [5.74, 6) is 0.776. The minimum atomic E-state index is 0.248. The van der Waals surface area contributed by atoms with Crippen molar-refractivity contribution in [3.63, 3.8) is 0 Å². The van der Waals surface area contributed by atoms with Gasteiger partial charge in [-0.25, -0.2) is 0 Å². The first-order valence-electron chi connectivity index (χ1n) is 7.27. The lowest BCUT2D eigenvalue weighted by Gasteiger charge is -2.34. The second kappa shape index (κ2) is 6.72. The maximum Gasteiger partial charge on any atom is 0.0936 e. The van der Waals surface area contributed by atoms with Crippen LogP contribution in [-0.4, -0.2) is 38.0 Å². The Kier molecular flexibility index (Phi) is 5.26. The highest BCUT2D eigenvalue weighted by Crippen LogP contribution is 2.29. The van der Waals surface area contributed by atoms with Crippen molar-refractivity contribution in [1.82, 2.24) is 5.32 Å². The van der Waals surface area contributed by atoms with Gasteiger partial charge in [0.15, 0.2) is 0 Å². The molecule has 4 atom stereocenters. The van der Waals surface area contributed by atoms with E-state index in [1.807, 2.05) is 0 Å². The third-order valence-electron chi connectivity index (χ3n) is 4.09. The predicted octanol–water partition coefficient (Wildman–Crippen LogP) is 2.35. The number of rotatable bonds is 4. The SMILES string of the molecule is CCC1CCCCC1OCC1CNCC(C)O1. The first-order chi connectivity index (χ1) is 8.29. The highest BCUT2D eigenvalue weighted by Gasteiger charge is 2.26. The molecule has 1 saturated heterocycles. The minimum Gasteiger partial charge on any atom is -0.375 e. The molecular weight excluding hydrogens is 214 g/mol. The molecule has 3 heteroatoms. The van der Waals surface area contributed by atoms with Crippen LogP contribution in [0.2, 0.25) is 0 Å². The topological polar surface area (TPSA) is 30.5 Å². The zero-order chi connectivity index (χ0) is 12.1. The fraction of sp³-hybridized carbons (Fsp3) is 1.00. The van der Waals surface area contributed by atoms with Gasteiger partial charge in [-0.05, 0) is 25.7 Å². The number of ether oxygens (including phenoxy) is 2. The van der Waals surface area contributed by atoms with Gasteiger partial charge in [-0.2, -0.15) is 0 Å². The van der Waals surface area contributed by atoms with Crippen LogP contribution in [0.1, 0.15) is 46.0 Å². The van der Waals surface area contributed by atoms with Crippen LogP contribution >= 0.6 is 0 Å². The molecule has 0 aromatic carbocycles. The molecule has 0 aromatic rings. The Morgan fingerprint density at radius 2 is 2.06 bits per heavy atom. The number of nitrogens with one attached hydrogen (secondary N) is 1. The van der Waals surface area contributed by atoms with Crippen molar-refractivity contribution in [1.29, 1.82) is 0 Å². The molecule has 1 aliphatic carbocycles. The standard InChI is InChI=1S/C14H27NO2/c1-3-12-6-4-5-7-14(12)16-10-13-9-15-8-11(2)17-13/h11-15H,3-10H2,1-2H3. The molecule has 0 bridgehead atoms. The van der Waals surface area contributed by atoms with Crippen LogP contribution in [0.4, 0.5) is 0 Å². The van der Waals surface area contributed by atoms with Gasteiger partial charge in [0.05, 0.1) is 24.9 Å². The second-order valence-corrected chi connectivity index (χ2v) is 5.55. The molecule has 1 aliphatic heterocycles. The second-order valence-electron chi connectivity index (χ2n) is 5.55. The van der Waals surface area contributed by atoms with Gasteiger partial charge in [0.25, 0.3) is 0 Å². The fourth-order valence-corrected chi connectivity index (χ4v) is 3.06. The Balaban J connectivity index is 1.72. The number of morpholine rings is 1. The molecule has 0 spiro atoms. The van der Waals surface area contributed by atoms with Gasteiger partial charge < -0.3 is 14.8 Å². The van der Waals surface area contributed by atoms with Crippen molar-refractivity contribution in [2.75, 3.05) is 19.7 Å². The molecule has 1 saturated carbocycles. The largest absolute Gasteiger partial charge is 0.375 e. The van der Waals surface area contributed by atoms with Crippen molar-refractivity contribution in [2.45, 2.75) is 64.3 Å². The van der Waals surface area contributed by atoms with E-state index in [1.165, 1.54) is 32.1 Å². The van der Waals surface area contributed by atoms with Gasteiger partial charge in [-0.1, -0.05) is 26.2 Å². The van der Waals surface area contributed by atoms with Crippen molar-refractivity contribution < 1.29 is 9.47 Å². The summed E-state index contributed by atoms with van der Waals surface area (Å²) in [6, 6.07) is 0. The Hall–Kier alpha value is -0.120. The summed E-state index contributed by atoms with van der Waals surface area (Å²) >= 11 is 0. The first-order valence-corrected chi connectivity index (χ1v) is 7.27. The molecule has 1 heterocycles. The van der Waals surface area contributed by atoms with E-state index >= 15 is 0 Å². The Morgan fingerprint density at radius 1 is 1.24 bits per heavy atom. The van der Waals surface area contributed by atoms with Crippen LogP contribution in [0.25, 0.3) is 0 Å².